The molecule has 41 heavy (non-hydrogen) atoms. The lowest BCUT2D eigenvalue weighted by Crippen LogP contribution is -2.47. The van der Waals surface area contributed by atoms with Gasteiger partial charge in [-0.05, 0) is 67.5 Å². The molecule has 6 rings (SSSR count). The molecule has 2 fully saturated rings. The Morgan fingerprint density at radius 1 is 1.05 bits per heavy atom. The average molecular weight is 577 g/mol. The van der Waals surface area contributed by atoms with Crippen LogP contribution in [-0.2, 0) is 17.8 Å². The summed E-state index contributed by atoms with van der Waals surface area (Å²) >= 11 is 6.20. The molecule has 214 valence electrons. The van der Waals surface area contributed by atoms with Crippen molar-refractivity contribution in [2.45, 2.75) is 45.1 Å². The van der Waals surface area contributed by atoms with Gasteiger partial charge in [0.15, 0.2) is 0 Å². The normalized spacial score (nSPS) is 21.8. The minimum absolute atomic E-state index is 0.0281. The van der Waals surface area contributed by atoms with E-state index in [0.29, 0.717) is 43.3 Å². The molecule has 2 aromatic carbocycles. The Morgan fingerprint density at radius 2 is 1.88 bits per heavy atom. The maximum atomic E-state index is 14.5. The quantitative estimate of drug-likeness (QED) is 0.446. The van der Waals surface area contributed by atoms with Crippen LogP contribution in [0.15, 0.2) is 59.4 Å². The number of nitrogens with zero attached hydrogens (tertiary/aromatic N) is 3. The van der Waals surface area contributed by atoms with Gasteiger partial charge in [-0.1, -0.05) is 30.7 Å². The highest BCUT2D eigenvalue weighted by Crippen LogP contribution is 2.39. The first kappa shape index (κ1) is 27.5. The molecule has 4 heterocycles. The number of benzene rings is 2. The third-order valence-corrected chi connectivity index (χ3v) is 9.04. The number of carbonyl (C=O) groups is 2. The Kier molecular flexibility index (Phi) is 7.60. The Labute approximate surface area is 243 Å². The van der Waals surface area contributed by atoms with Crippen LogP contribution < -0.4 is 15.8 Å². The van der Waals surface area contributed by atoms with Gasteiger partial charge in [-0.15, -0.1) is 0 Å². The van der Waals surface area contributed by atoms with Crippen molar-refractivity contribution in [2.75, 3.05) is 36.4 Å². The molecule has 9 heteroatoms. The molecule has 0 spiro atoms. The summed E-state index contributed by atoms with van der Waals surface area (Å²) in [7, 11) is 0. The van der Waals surface area contributed by atoms with Crippen LogP contribution in [0.25, 0.3) is 0 Å². The number of aromatic nitrogens is 1. The second-order valence-electron chi connectivity index (χ2n) is 11.8. The van der Waals surface area contributed by atoms with Crippen molar-refractivity contribution in [3.63, 3.8) is 0 Å². The number of anilines is 2. The first-order valence-corrected chi connectivity index (χ1v) is 14.8. The minimum atomic E-state index is -0.534. The van der Waals surface area contributed by atoms with Gasteiger partial charge in [-0.2, -0.15) is 0 Å². The lowest BCUT2D eigenvalue weighted by atomic mass is 9.83. The largest absolute Gasteiger partial charge is 0.369 e. The SMILES string of the molecule is C[C@H]1CCCN(C(=O)c2ccc(N3C[C@H]4C[C@@H](C3)c3cccc(=O)n3C4)c(NC(=O)Cc3c(F)cccc3Cl)c2)C1. The van der Waals surface area contributed by atoms with Crippen LogP contribution >= 0.6 is 11.6 Å². The van der Waals surface area contributed by atoms with E-state index >= 15 is 0 Å². The number of piperidine rings is 2. The van der Waals surface area contributed by atoms with E-state index in [2.05, 4.69) is 17.1 Å². The molecule has 3 atom stereocenters. The molecule has 1 aromatic heterocycles. The van der Waals surface area contributed by atoms with Crippen molar-refractivity contribution in [2.24, 2.45) is 11.8 Å². The third kappa shape index (κ3) is 5.62. The number of rotatable bonds is 5. The van der Waals surface area contributed by atoms with E-state index in [1.807, 2.05) is 33.7 Å². The number of pyridine rings is 1. The van der Waals surface area contributed by atoms with Crippen molar-refractivity contribution in [3.8, 4) is 0 Å². The fraction of sp³-hybridized carbons (Fsp3) is 0.406. The zero-order chi connectivity index (χ0) is 28.7. The van der Waals surface area contributed by atoms with Crippen LogP contribution in [-0.4, -0.2) is 47.5 Å². The Morgan fingerprint density at radius 3 is 2.68 bits per heavy atom. The zero-order valence-electron chi connectivity index (χ0n) is 23.1. The predicted molar refractivity (Wildman–Crippen MR) is 158 cm³/mol. The molecule has 3 aliphatic heterocycles. The Bertz CT molecular complexity index is 1540. The Balaban J connectivity index is 1.31. The minimum Gasteiger partial charge on any atom is -0.369 e. The van der Waals surface area contributed by atoms with Crippen LogP contribution in [0, 0.1) is 17.7 Å². The van der Waals surface area contributed by atoms with E-state index in [1.165, 1.54) is 12.1 Å². The molecule has 3 aromatic rings. The van der Waals surface area contributed by atoms with Gasteiger partial charge in [0.2, 0.25) is 5.91 Å². The second kappa shape index (κ2) is 11.3. The molecule has 2 saturated heterocycles. The predicted octanol–water partition coefficient (Wildman–Crippen LogP) is 5.32. The zero-order valence-corrected chi connectivity index (χ0v) is 23.9. The highest BCUT2D eigenvalue weighted by molar-refractivity contribution is 6.31. The van der Waals surface area contributed by atoms with Gasteiger partial charge in [0.05, 0.1) is 17.8 Å². The van der Waals surface area contributed by atoms with E-state index in [9.17, 15) is 18.8 Å². The first-order valence-electron chi connectivity index (χ1n) is 14.4. The fourth-order valence-electron chi connectivity index (χ4n) is 6.75. The number of likely N-dealkylation sites (tertiary alicyclic amines) is 1. The second-order valence-corrected chi connectivity index (χ2v) is 12.2. The highest BCUT2D eigenvalue weighted by atomic mass is 35.5. The molecule has 2 amide bonds. The first-order chi connectivity index (χ1) is 19.8. The fourth-order valence-corrected chi connectivity index (χ4v) is 6.98. The molecule has 3 aliphatic rings. The molecule has 0 radical (unpaired) electrons. The summed E-state index contributed by atoms with van der Waals surface area (Å²) in [6.45, 7) is 5.63. The monoisotopic (exact) mass is 576 g/mol. The van der Waals surface area contributed by atoms with Crippen LogP contribution in [0.5, 0.6) is 0 Å². The third-order valence-electron chi connectivity index (χ3n) is 8.68. The van der Waals surface area contributed by atoms with E-state index in [4.69, 9.17) is 11.6 Å². The topological polar surface area (TPSA) is 74.7 Å². The van der Waals surface area contributed by atoms with Crippen molar-refractivity contribution in [1.82, 2.24) is 9.47 Å². The maximum absolute atomic E-state index is 14.5. The molecule has 1 N–H and O–H groups in total. The van der Waals surface area contributed by atoms with Gasteiger partial charge in [-0.3, -0.25) is 14.4 Å². The van der Waals surface area contributed by atoms with Gasteiger partial charge in [0.1, 0.15) is 5.82 Å². The van der Waals surface area contributed by atoms with E-state index in [1.54, 1.807) is 18.2 Å². The van der Waals surface area contributed by atoms with E-state index < -0.39 is 11.7 Å². The van der Waals surface area contributed by atoms with E-state index in [-0.39, 0.29) is 40.3 Å². The van der Waals surface area contributed by atoms with Crippen LogP contribution in [0.1, 0.15) is 53.7 Å². The van der Waals surface area contributed by atoms with Crippen molar-refractivity contribution in [3.05, 3.63) is 92.6 Å². The number of nitrogens with one attached hydrogen (secondary N) is 1. The number of fused-ring (bicyclic) bond motifs is 4. The van der Waals surface area contributed by atoms with Gasteiger partial charge in [0, 0.05) is 66.6 Å². The lowest BCUT2D eigenvalue weighted by molar-refractivity contribution is -0.115. The average Bonchev–Trinajstić information content (AvgIpc) is 2.95. The number of hydrogen-bond acceptors (Lipinski definition) is 4. The summed E-state index contributed by atoms with van der Waals surface area (Å²) in [5.74, 6) is -0.108. The lowest BCUT2D eigenvalue weighted by Gasteiger charge is -2.44. The van der Waals surface area contributed by atoms with Gasteiger partial charge < -0.3 is 19.7 Å². The Hall–Kier alpha value is -3.65. The molecule has 0 saturated carbocycles. The molecular formula is C32H34ClFN4O3. The summed E-state index contributed by atoms with van der Waals surface area (Å²) in [6.07, 6.45) is 2.85. The summed E-state index contributed by atoms with van der Waals surface area (Å²) in [5, 5.41) is 3.18. The summed E-state index contributed by atoms with van der Waals surface area (Å²) in [4.78, 5) is 43.4. The van der Waals surface area contributed by atoms with Crippen LogP contribution in [0.3, 0.4) is 0 Å². The van der Waals surface area contributed by atoms with Crippen molar-refractivity contribution >= 4 is 34.8 Å². The summed E-state index contributed by atoms with van der Waals surface area (Å²) in [5.41, 5.74) is 3.03. The van der Waals surface area contributed by atoms with Crippen LogP contribution in [0.4, 0.5) is 15.8 Å². The summed E-state index contributed by atoms with van der Waals surface area (Å²) in [6, 6.07) is 15.3. The summed E-state index contributed by atoms with van der Waals surface area (Å²) < 4.78 is 16.3. The highest BCUT2D eigenvalue weighted by Gasteiger charge is 2.35. The smallest absolute Gasteiger partial charge is 0.253 e. The number of carbonyl (C=O) groups excluding carboxylic acids is 2. The standard InChI is InChI=1S/C32H34ClFN4O3/c1-20-5-4-12-36(16-20)32(41)22-10-11-29(27(14-22)35-30(39)15-24-25(33)6-2-7-26(24)34)37-17-21-13-23(19-37)28-8-3-9-31(40)38(28)18-21/h2-3,6-11,14,20-21,23H,4-5,12-13,15-19H2,1H3,(H,35,39)/t20-,21+,23-/m0/s1. The molecule has 0 unspecified atom stereocenters. The van der Waals surface area contributed by atoms with Crippen molar-refractivity contribution in [1.29, 1.82) is 0 Å². The molecule has 0 aliphatic carbocycles. The van der Waals surface area contributed by atoms with Crippen LogP contribution in [0.2, 0.25) is 5.02 Å². The van der Waals surface area contributed by atoms with E-state index in [0.717, 1.165) is 37.2 Å². The molecule has 7 nitrogen and oxygen atoms in total. The molecular weight excluding hydrogens is 543 g/mol. The number of hydrogen-bond donors (Lipinski definition) is 1. The van der Waals surface area contributed by atoms with Gasteiger partial charge in [-0.25, -0.2) is 4.39 Å². The van der Waals surface area contributed by atoms with Gasteiger partial charge >= 0.3 is 0 Å². The maximum Gasteiger partial charge on any atom is 0.253 e. The molecule has 2 bridgehead atoms. The van der Waals surface area contributed by atoms with Gasteiger partial charge in [0.25, 0.3) is 11.5 Å². The number of halogens is 2. The van der Waals surface area contributed by atoms with Crippen molar-refractivity contribution < 1.29 is 14.0 Å². The number of amides is 2.